The molecule has 0 radical (unpaired) electrons. The van der Waals surface area contributed by atoms with E-state index in [-0.39, 0.29) is 30.2 Å². The number of carbonyl (C=O) groups is 3. The van der Waals surface area contributed by atoms with Crippen LogP contribution in [0.1, 0.15) is 33.5 Å². The number of aromatic carboxylic acids is 1. The first kappa shape index (κ1) is 18.5. The summed E-state index contributed by atoms with van der Waals surface area (Å²) in [5, 5.41) is 9.87. The van der Waals surface area contributed by atoms with Crippen LogP contribution in [0.25, 0.3) is 0 Å². The maximum atomic E-state index is 12.1. The number of benzene rings is 1. The minimum absolute atomic E-state index is 0.0471. The first-order valence-corrected chi connectivity index (χ1v) is 7.74. The van der Waals surface area contributed by atoms with Gasteiger partial charge in [-0.25, -0.2) is 9.59 Å². The number of hydrogen-bond acceptors (Lipinski definition) is 5. The van der Waals surface area contributed by atoms with Crippen molar-refractivity contribution in [3.05, 3.63) is 52.3 Å². The Labute approximate surface area is 148 Å². The predicted molar refractivity (Wildman–Crippen MR) is 89.1 cm³/mol. The lowest BCUT2D eigenvalue weighted by Gasteiger charge is -2.07. The van der Waals surface area contributed by atoms with Crippen LogP contribution in [0.3, 0.4) is 0 Å². The molecule has 0 unspecified atom stereocenters. The van der Waals surface area contributed by atoms with Gasteiger partial charge in [0.15, 0.2) is 0 Å². The van der Waals surface area contributed by atoms with Crippen LogP contribution in [0, 0.1) is 0 Å². The zero-order chi connectivity index (χ0) is 18.6. The lowest BCUT2D eigenvalue weighted by Crippen LogP contribution is -2.21. The molecule has 2 rings (SSSR count). The van der Waals surface area contributed by atoms with Crippen LogP contribution in [0.2, 0.25) is 5.02 Å². The van der Waals surface area contributed by atoms with Gasteiger partial charge < -0.3 is 19.1 Å². The van der Waals surface area contributed by atoms with Gasteiger partial charge in [-0.2, -0.15) is 0 Å². The Kier molecular flexibility index (Phi) is 5.82. The summed E-state index contributed by atoms with van der Waals surface area (Å²) < 4.78 is 11.3. The minimum atomic E-state index is -1.24. The number of carboxylic acid groups (broad SMARTS) is 1. The highest BCUT2D eigenvalue weighted by molar-refractivity contribution is 6.40. The van der Waals surface area contributed by atoms with Crippen molar-refractivity contribution in [1.82, 2.24) is 4.57 Å². The van der Waals surface area contributed by atoms with Gasteiger partial charge in [-0.15, -0.1) is 0 Å². The van der Waals surface area contributed by atoms with Crippen LogP contribution in [0.4, 0.5) is 0 Å². The van der Waals surface area contributed by atoms with Crippen LogP contribution >= 0.6 is 11.6 Å². The zero-order valence-corrected chi connectivity index (χ0v) is 14.4. The molecule has 0 aliphatic heterocycles. The number of hydrogen-bond donors (Lipinski definition) is 1. The van der Waals surface area contributed by atoms with Crippen LogP contribution < -0.4 is 4.74 Å². The van der Waals surface area contributed by atoms with Gasteiger partial charge in [0.2, 0.25) is 0 Å². The molecule has 1 N–H and O–H groups in total. The summed E-state index contributed by atoms with van der Waals surface area (Å²) >= 11 is 5.87. The normalized spacial score (nSPS) is 10.4. The second-order valence-corrected chi connectivity index (χ2v) is 5.50. The van der Waals surface area contributed by atoms with Gasteiger partial charge in [0.25, 0.3) is 5.78 Å². The molecular weight excluding hydrogens is 350 g/mol. The third-order valence-electron chi connectivity index (χ3n) is 3.40. The Morgan fingerprint density at radius 3 is 2.56 bits per heavy atom. The molecule has 0 atom stereocenters. The lowest BCUT2D eigenvalue weighted by molar-refractivity contribution is -0.137. The van der Waals surface area contributed by atoms with Crippen molar-refractivity contribution < 1.29 is 29.0 Å². The van der Waals surface area contributed by atoms with E-state index in [0.717, 1.165) is 4.57 Å². The summed E-state index contributed by atoms with van der Waals surface area (Å²) in [6.45, 7) is 1.51. The van der Waals surface area contributed by atoms with Crippen molar-refractivity contribution in [2.75, 3.05) is 6.61 Å². The Bertz CT molecular complexity index is 827. The molecule has 0 saturated heterocycles. The number of ketones is 1. The standard InChI is InChI=1S/C17H16ClNO6/c1-3-24-17(23)15(20)13-7-10(14(16(21)22)19(13)2)9-25-12-6-4-5-11(18)8-12/h4-8H,3,9H2,1-2H3,(H,21,22). The molecule has 25 heavy (non-hydrogen) atoms. The van der Waals surface area contributed by atoms with Crippen molar-refractivity contribution in [3.63, 3.8) is 0 Å². The summed E-state index contributed by atoms with van der Waals surface area (Å²) in [6, 6.07) is 7.93. The molecule has 8 heteroatoms. The third-order valence-corrected chi connectivity index (χ3v) is 3.63. The van der Waals surface area contributed by atoms with Crippen molar-refractivity contribution in [2.24, 2.45) is 7.05 Å². The summed E-state index contributed by atoms with van der Waals surface area (Å²) in [7, 11) is 1.39. The second kappa shape index (κ2) is 7.85. The quantitative estimate of drug-likeness (QED) is 0.460. The molecule has 7 nitrogen and oxygen atoms in total. The van der Waals surface area contributed by atoms with Crippen LogP contribution in [-0.2, 0) is 23.2 Å². The van der Waals surface area contributed by atoms with Crippen molar-refractivity contribution in [1.29, 1.82) is 0 Å². The number of halogens is 1. The number of carbonyl (C=O) groups excluding carboxylic acids is 2. The van der Waals surface area contributed by atoms with Gasteiger partial charge in [-0.1, -0.05) is 17.7 Å². The topological polar surface area (TPSA) is 94.8 Å². The molecule has 0 aliphatic rings. The first-order chi connectivity index (χ1) is 11.8. The van der Waals surface area contributed by atoms with Gasteiger partial charge in [0.1, 0.15) is 18.1 Å². The Balaban J connectivity index is 2.31. The molecule has 1 heterocycles. The molecule has 0 bridgehead atoms. The SMILES string of the molecule is CCOC(=O)C(=O)c1cc(COc2cccc(Cl)c2)c(C(=O)O)n1C. The molecular formula is C17H16ClNO6. The summed E-state index contributed by atoms with van der Waals surface area (Å²) in [4.78, 5) is 35.3. The average Bonchev–Trinajstić information content (AvgIpc) is 2.89. The monoisotopic (exact) mass is 365 g/mol. The zero-order valence-electron chi connectivity index (χ0n) is 13.6. The number of Topliss-reactive ketones (excluding diaryl/α,β-unsaturated/α-hetero) is 1. The third kappa shape index (κ3) is 4.19. The van der Waals surface area contributed by atoms with E-state index in [9.17, 15) is 19.5 Å². The fourth-order valence-corrected chi connectivity index (χ4v) is 2.47. The molecule has 0 fully saturated rings. The molecule has 0 aliphatic carbocycles. The highest BCUT2D eigenvalue weighted by Gasteiger charge is 2.27. The smallest absolute Gasteiger partial charge is 0.381 e. The minimum Gasteiger partial charge on any atom is -0.489 e. The van der Waals surface area contributed by atoms with Crippen molar-refractivity contribution in [3.8, 4) is 5.75 Å². The van der Waals surface area contributed by atoms with Gasteiger partial charge in [-0.05, 0) is 31.2 Å². The number of aromatic nitrogens is 1. The van der Waals surface area contributed by atoms with Crippen LogP contribution in [0.15, 0.2) is 30.3 Å². The van der Waals surface area contributed by atoms with Gasteiger partial charge in [-0.3, -0.25) is 4.79 Å². The number of carboxylic acids is 1. The Morgan fingerprint density at radius 2 is 1.96 bits per heavy atom. The largest absolute Gasteiger partial charge is 0.489 e. The van der Waals surface area contributed by atoms with E-state index < -0.39 is 17.7 Å². The Morgan fingerprint density at radius 1 is 1.24 bits per heavy atom. The first-order valence-electron chi connectivity index (χ1n) is 7.36. The Hall–Kier alpha value is -2.80. The summed E-state index contributed by atoms with van der Waals surface area (Å²) in [5.41, 5.74) is 0.0258. The number of ether oxygens (including phenoxy) is 2. The lowest BCUT2D eigenvalue weighted by atomic mass is 10.2. The molecule has 0 amide bonds. The second-order valence-electron chi connectivity index (χ2n) is 5.06. The van der Waals surface area contributed by atoms with Crippen LogP contribution in [-0.4, -0.2) is 34.0 Å². The van der Waals surface area contributed by atoms with Gasteiger partial charge in [0.05, 0.1) is 12.3 Å². The van der Waals surface area contributed by atoms with E-state index >= 15 is 0 Å². The molecule has 2 aromatic rings. The van der Waals surface area contributed by atoms with Crippen molar-refractivity contribution >= 4 is 29.3 Å². The van der Waals surface area contributed by atoms with E-state index in [2.05, 4.69) is 4.74 Å². The van der Waals surface area contributed by atoms with E-state index in [1.165, 1.54) is 13.1 Å². The van der Waals surface area contributed by atoms with E-state index in [4.69, 9.17) is 16.3 Å². The number of nitrogens with zero attached hydrogens (tertiary/aromatic N) is 1. The van der Waals surface area contributed by atoms with Gasteiger partial charge >= 0.3 is 11.9 Å². The fraction of sp³-hybridized carbons (Fsp3) is 0.235. The average molecular weight is 366 g/mol. The van der Waals surface area contributed by atoms with E-state index in [0.29, 0.717) is 10.8 Å². The van der Waals surface area contributed by atoms with Crippen molar-refractivity contribution in [2.45, 2.75) is 13.5 Å². The maximum absolute atomic E-state index is 12.1. The molecule has 132 valence electrons. The van der Waals surface area contributed by atoms with E-state index in [1.54, 1.807) is 31.2 Å². The molecule has 1 aromatic carbocycles. The highest BCUT2D eigenvalue weighted by Crippen LogP contribution is 2.21. The number of rotatable bonds is 7. The fourth-order valence-electron chi connectivity index (χ4n) is 2.29. The molecule has 0 spiro atoms. The predicted octanol–water partition coefficient (Wildman–Crippen LogP) is 2.70. The summed E-state index contributed by atoms with van der Waals surface area (Å²) in [5.74, 6) is -2.75. The maximum Gasteiger partial charge on any atom is 0.381 e. The highest BCUT2D eigenvalue weighted by atomic mass is 35.5. The molecule has 0 saturated carbocycles. The molecule has 1 aromatic heterocycles. The summed E-state index contributed by atoms with van der Waals surface area (Å²) in [6.07, 6.45) is 0. The number of esters is 1. The van der Waals surface area contributed by atoms with Crippen LogP contribution in [0.5, 0.6) is 5.75 Å². The van der Waals surface area contributed by atoms with E-state index in [1.807, 2.05) is 0 Å². The van der Waals surface area contributed by atoms with Gasteiger partial charge in [0, 0.05) is 17.6 Å².